The van der Waals surface area contributed by atoms with Crippen LogP contribution in [-0.4, -0.2) is 63.3 Å². The lowest BCUT2D eigenvalue weighted by Gasteiger charge is -2.36. The van der Waals surface area contributed by atoms with Crippen LogP contribution in [0.15, 0.2) is 22.7 Å². The molecule has 3 aromatic rings. The molecule has 0 aliphatic carbocycles. The minimum absolute atomic E-state index is 0.0292. The second kappa shape index (κ2) is 7.18. The number of piperidine rings is 1. The van der Waals surface area contributed by atoms with Gasteiger partial charge in [-0.25, -0.2) is 8.78 Å². The van der Waals surface area contributed by atoms with Crippen LogP contribution in [0, 0.1) is 6.92 Å². The molecule has 3 heterocycles. The third-order valence-corrected chi connectivity index (χ3v) is 5.31. The fourth-order valence-electron chi connectivity index (χ4n) is 3.79. The maximum atomic E-state index is 14.7. The predicted octanol–water partition coefficient (Wildman–Crippen LogP) is 2.10. The second-order valence-electron chi connectivity index (χ2n) is 7.35. The van der Waals surface area contributed by atoms with Gasteiger partial charge in [-0.05, 0) is 26.5 Å². The van der Waals surface area contributed by atoms with Gasteiger partial charge in [-0.2, -0.15) is 10.1 Å². The Morgan fingerprint density at radius 1 is 1.41 bits per heavy atom. The van der Waals surface area contributed by atoms with Gasteiger partial charge in [-0.3, -0.25) is 9.48 Å². The number of carbonyl (C=O) groups excluding carboxylic acids is 1. The molecule has 8 nitrogen and oxygen atoms in total. The zero-order chi connectivity index (χ0) is 20.8. The molecule has 0 saturated carbocycles. The summed E-state index contributed by atoms with van der Waals surface area (Å²) in [5.74, 6) is -4.56. The highest BCUT2D eigenvalue weighted by molar-refractivity contribution is 5.85. The van der Waals surface area contributed by atoms with E-state index in [1.54, 1.807) is 11.7 Å². The van der Waals surface area contributed by atoms with Crippen molar-refractivity contribution < 1.29 is 18.1 Å². The number of carbonyl (C=O) groups is 1. The maximum absolute atomic E-state index is 14.7. The summed E-state index contributed by atoms with van der Waals surface area (Å²) in [7, 11) is 3.44. The van der Waals surface area contributed by atoms with E-state index >= 15 is 0 Å². The lowest BCUT2D eigenvalue weighted by Crippen LogP contribution is -2.51. The van der Waals surface area contributed by atoms with Crippen LogP contribution < -0.4 is 5.32 Å². The van der Waals surface area contributed by atoms with Gasteiger partial charge in [0.25, 0.3) is 5.92 Å². The van der Waals surface area contributed by atoms with Gasteiger partial charge in [0.2, 0.25) is 17.6 Å². The van der Waals surface area contributed by atoms with E-state index in [0.29, 0.717) is 5.56 Å². The molecule has 4 rings (SSSR count). The number of halogens is 2. The van der Waals surface area contributed by atoms with Crippen molar-refractivity contribution in [2.75, 3.05) is 26.7 Å². The molecule has 29 heavy (non-hydrogen) atoms. The van der Waals surface area contributed by atoms with E-state index < -0.39 is 18.4 Å². The molecule has 1 aliphatic heterocycles. The van der Waals surface area contributed by atoms with Crippen molar-refractivity contribution in [1.82, 2.24) is 30.1 Å². The second-order valence-corrected chi connectivity index (χ2v) is 7.35. The Balaban J connectivity index is 1.58. The number of hydrogen-bond acceptors (Lipinski definition) is 6. The minimum atomic E-state index is -3.14. The van der Waals surface area contributed by atoms with Crippen LogP contribution in [0.4, 0.5) is 8.78 Å². The molecule has 0 bridgehead atoms. The number of aryl methyl sites for hydroxylation is 2. The number of amides is 1. The minimum Gasteiger partial charge on any atom is -0.338 e. The zero-order valence-corrected chi connectivity index (χ0v) is 16.4. The van der Waals surface area contributed by atoms with Crippen LogP contribution in [0.25, 0.3) is 22.3 Å². The summed E-state index contributed by atoms with van der Waals surface area (Å²) in [4.78, 5) is 17.3. The topological polar surface area (TPSA) is 89.1 Å². The summed E-state index contributed by atoms with van der Waals surface area (Å²) in [6.45, 7) is 1.51. The first-order chi connectivity index (χ1) is 13.8. The Morgan fingerprint density at radius 2 is 2.21 bits per heavy atom. The van der Waals surface area contributed by atoms with Crippen molar-refractivity contribution >= 4 is 16.8 Å². The van der Waals surface area contributed by atoms with Crippen LogP contribution in [0.1, 0.15) is 23.9 Å². The number of likely N-dealkylation sites (tertiary alicyclic amines) is 1. The molecule has 10 heteroatoms. The quantitative estimate of drug-likeness (QED) is 0.716. The van der Waals surface area contributed by atoms with E-state index in [0.717, 1.165) is 16.6 Å². The third kappa shape index (κ3) is 3.48. The van der Waals surface area contributed by atoms with Crippen molar-refractivity contribution in [2.45, 2.75) is 25.2 Å². The molecule has 0 radical (unpaired) electrons. The molecule has 0 spiro atoms. The van der Waals surface area contributed by atoms with Gasteiger partial charge in [0, 0.05) is 24.5 Å². The first kappa shape index (κ1) is 19.4. The van der Waals surface area contributed by atoms with Gasteiger partial charge in [0.05, 0.1) is 24.3 Å². The van der Waals surface area contributed by atoms with Gasteiger partial charge < -0.3 is 14.7 Å². The zero-order valence-electron chi connectivity index (χ0n) is 16.4. The highest BCUT2D eigenvalue weighted by atomic mass is 19.3. The van der Waals surface area contributed by atoms with Gasteiger partial charge in [0.15, 0.2) is 0 Å². The molecule has 1 unspecified atom stereocenters. The maximum Gasteiger partial charge on any atom is 0.276 e. The van der Waals surface area contributed by atoms with Crippen LogP contribution in [0.3, 0.4) is 0 Å². The number of hydrogen-bond donors (Lipinski definition) is 1. The van der Waals surface area contributed by atoms with Gasteiger partial charge in [0.1, 0.15) is 5.92 Å². The SMILES string of the molecule is CNCC(=O)N1CCC(c2nc(-c3ccc4c(C)nn(C)c4c3)no2)C(F)(F)C1. The largest absolute Gasteiger partial charge is 0.338 e. The average molecular weight is 404 g/mol. The van der Waals surface area contributed by atoms with Crippen LogP contribution in [0.5, 0.6) is 0 Å². The summed E-state index contributed by atoms with van der Waals surface area (Å²) >= 11 is 0. The van der Waals surface area contributed by atoms with Crippen molar-refractivity contribution in [3.63, 3.8) is 0 Å². The number of nitrogens with one attached hydrogen (secondary N) is 1. The number of nitrogens with zero attached hydrogens (tertiary/aromatic N) is 5. The number of aromatic nitrogens is 4. The molecule has 1 saturated heterocycles. The van der Waals surface area contributed by atoms with E-state index in [-0.39, 0.29) is 37.1 Å². The Kier molecular flexibility index (Phi) is 4.81. The number of fused-ring (bicyclic) bond motifs is 1. The van der Waals surface area contributed by atoms with Crippen LogP contribution in [0.2, 0.25) is 0 Å². The Morgan fingerprint density at radius 3 is 2.93 bits per heavy atom. The molecule has 1 N–H and O–H groups in total. The van der Waals surface area contributed by atoms with Gasteiger partial charge >= 0.3 is 0 Å². The summed E-state index contributed by atoms with van der Waals surface area (Å²) in [5.41, 5.74) is 2.47. The standard InChI is InChI=1S/C19H22F2N6O2/c1-11-13-5-4-12(8-15(13)26(3)24-11)17-23-18(29-25-17)14-6-7-27(10-19(14,20)21)16(28)9-22-2/h4-5,8,14,22H,6-7,9-10H2,1-3H3. The number of rotatable bonds is 4. The lowest BCUT2D eigenvalue weighted by molar-refractivity contribution is -0.144. The Labute approximate surface area is 165 Å². The lowest BCUT2D eigenvalue weighted by atomic mass is 9.92. The van der Waals surface area contributed by atoms with E-state index in [2.05, 4.69) is 20.6 Å². The smallest absolute Gasteiger partial charge is 0.276 e. The van der Waals surface area contributed by atoms with Crippen molar-refractivity contribution in [3.8, 4) is 11.4 Å². The highest BCUT2D eigenvalue weighted by Crippen LogP contribution is 2.40. The van der Waals surface area contributed by atoms with Crippen molar-refractivity contribution in [3.05, 3.63) is 29.8 Å². The van der Waals surface area contributed by atoms with Gasteiger partial charge in [-0.15, -0.1) is 0 Å². The summed E-state index contributed by atoms with van der Waals surface area (Å²) < 4.78 is 36.4. The average Bonchev–Trinajstić information content (AvgIpc) is 3.26. The number of benzene rings is 1. The summed E-state index contributed by atoms with van der Waals surface area (Å²) in [5, 5.41) is 12.0. The number of likely N-dealkylation sites (N-methyl/N-ethyl adjacent to an activating group) is 1. The molecular formula is C19H22F2N6O2. The normalized spacial score (nSPS) is 19.1. The predicted molar refractivity (Wildman–Crippen MR) is 102 cm³/mol. The molecular weight excluding hydrogens is 382 g/mol. The fraction of sp³-hybridized carbons (Fsp3) is 0.474. The molecule has 1 atom stereocenters. The Hall–Kier alpha value is -2.88. The van der Waals surface area contributed by atoms with Gasteiger partial charge in [-0.1, -0.05) is 17.3 Å². The van der Waals surface area contributed by atoms with E-state index in [4.69, 9.17) is 4.52 Å². The Bertz CT molecular complexity index is 1060. The van der Waals surface area contributed by atoms with Crippen molar-refractivity contribution in [1.29, 1.82) is 0 Å². The third-order valence-electron chi connectivity index (χ3n) is 5.31. The molecule has 1 fully saturated rings. The highest BCUT2D eigenvalue weighted by Gasteiger charge is 2.49. The molecule has 2 aromatic heterocycles. The molecule has 1 aromatic carbocycles. The van der Waals surface area contributed by atoms with Crippen molar-refractivity contribution in [2.24, 2.45) is 7.05 Å². The monoisotopic (exact) mass is 404 g/mol. The molecule has 154 valence electrons. The first-order valence-corrected chi connectivity index (χ1v) is 9.37. The first-order valence-electron chi connectivity index (χ1n) is 9.37. The summed E-state index contributed by atoms with van der Waals surface area (Å²) in [6.07, 6.45) is 0.0596. The molecule has 1 amide bonds. The molecule has 1 aliphatic rings. The number of alkyl halides is 2. The fourth-order valence-corrected chi connectivity index (χ4v) is 3.79. The summed E-state index contributed by atoms with van der Waals surface area (Å²) in [6, 6.07) is 5.59. The van der Waals surface area contributed by atoms with Crippen LogP contribution >= 0.6 is 0 Å². The van der Waals surface area contributed by atoms with E-state index in [9.17, 15) is 13.6 Å². The van der Waals surface area contributed by atoms with Crippen LogP contribution in [-0.2, 0) is 11.8 Å². The van der Waals surface area contributed by atoms with E-state index in [1.807, 2.05) is 32.2 Å². The van der Waals surface area contributed by atoms with E-state index in [1.165, 1.54) is 4.90 Å².